The maximum absolute atomic E-state index is 5.19. The Bertz CT molecular complexity index is 259. The number of nitrogens with zero attached hydrogens (tertiary/aromatic N) is 1. The van der Waals surface area contributed by atoms with Crippen molar-refractivity contribution in [1.29, 1.82) is 0 Å². The smallest absolute Gasteiger partial charge is 0.122 e. The maximum atomic E-state index is 5.19. The molecule has 0 saturated heterocycles. The van der Waals surface area contributed by atoms with Crippen LogP contribution in [0.4, 0.5) is 0 Å². The van der Waals surface area contributed by atoms with E-state index >= 15 is 0 Å². The minimum Gasteiger partial charge on any atom is -0.383 e. The number of ether oxygens (including phenoxy) is 1. The summed E-state index contributed by atoms with van der Waals surface area (Å²) >= 11 is 0. The van der Waals surface area contributed by atoms with Crippen LogP contribution in [-0.2, 0) is 4.74 Å². The molecule has 0 spiro atoms. The normalized spacial score (nSPS) is 15.5. The molecule has 86 valence electrons. The second kappa shape index (κ2) is 5.88. The number of aromatic amines is 1. The summed E-state index contributed by atoms with van der Waals surface area (Å²) in [4.78, 5) is 7.34. The van der Waals surface area contributed by atoms with Crippen molar-refractivity contribution in [1.82, 2.24) is 15.3 Å². The third-order valence-corrected chi connectivity index (χ3v) is 2.54. The molecule has 1 rings (SSSR count). The summed E-state index contributed by atoms with van der Waals surface area (Å²) < 4.78 is 5.19. The Hall–Kier alpha value is -0.870. The van der Waals surface area contributed by atoms with E-state index in [0.29, 0.717) is 12.0 Å². The van der Waals surface area contributed by atoms with Gasteiger partial charge in [-0.05, 0) is 12.8 Å². The summed E-state index contributed by atoms with van der Waals surface area (Å²) in [6.07, 6.45) is 3.61. The second-order valence-electron chi connectivity index (χ2n) is 4.17. The van der Waals surface area contributed by atoms with Crippen molar-refractivity contribution in [3.63, 3.8) is 0 Å². The van der Waals surface area contributed by atoms with E-state index in [9.17, 15) is 0 Å². The number of methoxy groups -OCH3 is 1. The van der Waals surface area contributed by atoms with Gasteiger partial charge < -0.3 is 15.0 Å². The fraction of sp³-hybridized carbons (Fsp3) is 0.727. The highest BCUT2D eigenvalue weighted by Crippen LogP contribution is 2.10. The van der Waals surface area contributed by atoms with Gasteiger partial charge in [0.25, 0.3) is 0 Å². The Morgan fingerprint density at radius 2 is 2.20 bits per heavy atom. The van der Waals surface area contributed by atoms with Gasteiger partial charge in [0.05, 0.1) is 12.6 Å². The fourth-order valence-electron chi connectivity index (χ4n) is 1.53. The second-order valence-corrected chi connectivity index (χ2v) is 4.17. The Morgan fingerprint density at radius 3 is 2.67 bits per heavy atom. The molecule has 1 heterocycles. The van der Waals surface area contributed by atoms with Gasteiger partial charge in [-0.15, -0.1) is 0 Å². The van der Waals surface area contributed by atoms with Crippen molar-refractivity contribution in [2.75, 3.05) is 13.7 Å². The van der Waals surface area contributed by atoms with Crippen LogP contribution in [0.5, 0.6) is 0 Å². The van der Waals surface area contributed by atoms with Crippen molar-refractivity contribution >= 4 is 0 Å². The van der Waals surface area contributed by atoms with Crippen LogP contribution < -0.4 is 5.32 Å². The standard InChI is InChI=1S/C11H21N3O/c1-8(2)10(7-15-4)14-9(3)11-12-5-6-13-11/h5-6,8-10,14H,7H2,1-4H3,(H,12,13). The molecule has 1 aromatic heterocycles. The van der Waals surface area contributed by atoms with Crippen molar-refractivity contribution in [3.8, 4) is 0 Å². The molecule has 1 aromatic rings. The van der Waals surface area contributed by atoms with Crippen LogP contribution in [0.3, 0.4) is 0 Å². The summed E-state index contributed by atoms with van der Waals surface area (Å²) in [6, 6.07) is 0.581. The molecule has 2 N–H and O–H groups in total. The van der Waals surface area contributed by atoms with Crippen LogP contribution in [0.25, 0.3) is 0 Å². The Labute approximate surface area is 91.4 Å². The molecule has 0 aliphatic carbocycles. The number of rotatable bonds is 6. The predicted octanol–water partition coefficient (Wildman–Crippen LogP) is 1.73. The molecular formula is C11H21N3O. The van der Waals surface area contributed by atoms with Gasteiger partial charge in [0.2, 0.25) is 0 Å². The minimum absolute atomic E-state index is 0.225. The SMILES string of the molecule is COCC(NC(C)c1ncc[nH]1)C(C)C. The van der Waals surface area contributed by atoms with Gasteiger partial charge in [-0.3, -0.25) is 0 Å². The number of hydrogen-bond acceptors (Lipinski definition) is 3. The van der Waals surface area contributed by atoms with Crippen LogP contribution in [0, 0.1) is 5.92 Å². The maximum Gasteiger partial charge on any atom is 0.122 e. The molecule has 0 radical (unpaired) electrons. The third kappa shape index (κ3) is 3.64. The first-order valence-corrected chi connectivity index (χ1v) is 5.39. The number of H-pyrrole nitrogens is 1. The summed E-state index contributed by atoms with van der Waals surface area (Å²) in [6.45, 7) is 7.20. The molecule has 4 heteroatoms. The highest BCUT2D eigenvalue weighted by molar-refractivity contribution is 4.94. The zero-order valence-electron chi connectivity index (χ0n) is 9.95. The van der Waals surface area contributed by atoms with E-state index in [0.717, 1.165) is 12.4 Å². The first-order chi connectivity index (χ1) is 7.15. The zero-order valence-corrected chi connectivity index (χ0v) is 9.95. The van der Waals surface area contributed by atoms with Gasteiger partial charge in [-0.2, -0.15) is 0 Å². The molecule has 2 unspecified atom stereocenters. The number of aromatic nitrogens is 2. The summed E-state index contributed by atoms with van der Waals surface area (Å²) in [7, 11) is 1.73. The highest BCUT2D eigenvalue weighted by atomic mass is 16.5. The van der Waals surface area contributed by atoms with Gasteiger partial charge in [0.1, 0.15) is 5.82 Å². The van der Waals surface area contributed by atoms with E-state index < -0.39 is 0 Å². The third-order valence-electron chi connectivity index (χ3n) is 2.54. The monoisotopic (exact) mass is 211 g/mol. The highest BCUT2D eigenvalue weighted by Gasteiger charge is 2.17. The van der Waals surface area contributed by atoms with Crippen LogP contribution in [0.1, 0.15) is 32.6 Å². The zero-order chi connectivity index (χ0) is 11.3. The van der Waals surface area contributed by atoms with E-state index in [1.165, 1.54) is 0 Å². The van der Waals surface area contributed by atoms with Crippen molar-refractivity contribution in [3.05, 3.63) is 18.2 Å². The number of nitrogens with one attached hydrogen (secondary N) is 2. The van der Waals surface area contributed by atoms with Gasteiger partial charge >= 0.3 is 0 Å². The lowest BCUT2D eigenvalue weighted by molar-refractivity contribution is 0.141. The van der Waals surface area contributed by atoms with Gasteiger partial charge in [0, 0.05) is 25.5 Å². The van der Waals surface area contributed by atoms with Gasteiger partial charge in [-0.25, -0.2) is 4.98 Å². The first-order valence-electron chi connectivity index (χ1n) is 5.39. The number of imidazole rings is 1. The first kappa shape index (κ1) is 12.2. The average Bonchev–Trinajstić information content (AvgIpc) is 2.69. The van der Waals surface area contributed by atoms with E-state index in [1.54, 1.807) is 13.3 Å². The van der Waals surface area contributed by atoms with Crippen molar-refractivity contribution in [2.24, 2.45) is 5.92 Å². The lowest BCUT2D eigenvalue weighted by Gasteiger charge is -2.24. The predicted molar refractivity (Wildman–Crippen MR) is 60.6 cm³/mol. The van der Waals surface area contributed by atoms with Crippen LogP contribution in [-0.4, -0.2) is 29.7 Å². The largest absolute Gasteiger partial charge is 0.383 e. The molecule has 0 saturated carbocycles. The summed E-state index contributed by atoms with van der Waals surface area (Å²) in [5.41, 5.74) is 0. The Kier molecular flexibility index (Phi) is 4.78. The quantitative estimate of drug-likeness (QED) is 0.753. The van der Waals surface area contributed by atoms with Crippen LogP contribution in [0.15, 0.2) is 12.4 Å². The van der Waals surface area contributed by atoms with Gasteiger partial charge in [0.15, 0.2) is 0 Å². The summed E-state index contributed by atoms with van der Waals surface area (Å²) in [5, 5.41) is 3.50. The molecule has 0 aromatic carbocycles. The molecule has 0 amide bonds. The Morgan fingerprint density at radius 1 is 1.47 bits per heavy atom. The fourth-order valence-corrected chi connectivity index (χ4v) is 1.53. The molecular weight excluding hydrogens is 190 g/mol. The minimum atomic E-state index is 0.225. The van der Waals surface area contributed by atoms with E-state index in [1.807, 2.05) is 6.20 Å². The Balaban J connectivity index is 2.50. The summed E-state index contributed by atoms with van der Waals surface area (Å²) in [5.74, 6) is 1.51. The van der Waals surface area contributed by atoms with E-state index in [4.69, 9.17) is 4.74 Å². The van der Waals surface area contributed by atoms with Crippen LogP contribution >= 0.6 is 0 Å². The van der Waals surface area contributed by atoms with Gasteiger partial charge in [-0.1, -0.05) is 13.8 Å². The molecule has 0 fully saturated rings. The van der Waals surface area contributed by atoms with E-state index in [-0.39, 0.29) is 6.04 Å². The molecule has 15 heavy (non-hydrogen) atoms. The molecule has 2 atom stereocenters. The number of hydrogen-bond donors (Lipinski definition) is 2. The molecule has 0 aliphatic rings. The topological polar surface area (TPSA) is 49.9 Å². The average molecular weight is 211 g/mol. The molecule has 0 aliphatic heterocycles. The van der Waals surface area contributed by atoms with Crippen molar-refractivity contribution < 1.29 is 4.74 Å². The van der Waals surface area contributed by atoms with Crippen LogP contribution in [0.2, 0.25) is 0 Å². The van der Waals surface area contributed by atoms with E-state index in [2.05, 4.69) is 36.1 Å². The lowest BCUT2D eigenvalue weighted by atomic mass is 10.0. The molecule has 4 nitrogen and oxygen atoms in total. The lowest BCUT2D eigenvalue weighted by Crippen LogP contribution is -2.39. The van der Waals surface area contributed by atoms with Crippen molar-refractivity contribution in [2.45, 2.75) is 32.9 Å². The molecule has 0 bridgehead atoms.